The van der Waals surface area contributed by atoms with Gasteiger partial charge >= 0.3 is 0 Å². The molecule has 0 aromatic carbocycles. The highest BCUT2D eigenvalue weighted by atomic mass is 19.1. The van der Waals surface area contributed by atoms with E-state index >= 15 is 0 Å². The van der Waals surface area contributed by atoms with Crippen LogP contribution in [-0.4, -0.2) is 21.3 Å². The average Bonchev–Trinajstić information content (AvgIpc) is 3.14. The van der Waals surface area contributed by atoms with Crippen LogP contribution in [0.3, 0.4) is 0 Å². The fraction of sp³-hybridized carbons (Fsp3) is 0.500. The van der Waals surface area contributed by atoms with Crippen molar-refractivity contribution in [1.29, 1.82) is 0 Å². The van der Waals surface area contributed by atoms with Gasteiger partial charge in [0.15, 0.2) is 5.72 Å². The molecule has 0 saturated heterocycles. The molecule has 2 aromatic rings. The first-order valence-electron chi connectivity index (χ1n) is 11.1. The molecule has 1 aliphatic carbocycles. The maximum Gasteiger partial charge on any atom is 0.257 e. The summed E-state index contributed by atoms with van der Waals surface area (Å²) in [6, 6.07) is 1.87. The van der Waals surface area contributed by atoms with Crippen molar-refractivity contribution < 1.29 is 14.3 Å². The normalized spacial score (nSPS) is 21.4. The van der Waals surface area contributed by atoms with E-state index in [-0.39, 0.29) is 18.6 Å². The summed E-state index contributed by atoms with van der Waals surface area (Å²) in [6.45, 7) is 6.12. The molecule has 2 N–H and O–H groups in total. The summed E-state index contributed by atoms with van der Waals surface area (Å²) in [5, 5.41) is 11.0. The summed E-state index contributed by atoms with van der Waals surface area (Å²) in [6.07, 6.45) is 3.53. The number of halogens is 1. The standard InChI is InChI=1S/C24H28FN3O3/c1-4-24(30)18-10-20-22-16(11-28(20)23(29)17(18)12-31-27-24)15-7-5-6-14(13(2)3)21(15)19(26-22)8-9-25/h10,27,30H,4-9,11-12H2,1-3H3/t24-/m0/s1. The predicted octanol–water partition coefficient (Wildman–Crippen LogP) is 3.50. The lowest BCUT2D eigenvalue weighted by molar-refractivity contribution is -0.159. The summed E-state index contributed by atoms with van der Waals surface area (Å²) >= 11 is 0. The molecule has 6 nitrogen and oxygen atoms in total. The van der Waals surface area contributed by atoms with Gasteiger partial charge in [0.2, 0.25) is 0 Å². The first kappa shape index (κ1) is 20.5. The number of allylic oxidation sites excluding steroid dienone is 2. The molecule has 3 aliphatic rings. The Balaban J connectivity index is 1.79. The summed E-state index contributed by atoms with van der Waals surface area (Å²) in [4.78, 5) is 23.6. The van der Waals surface area contributed by atoms with Gasteiger partial charge in [-0.2, -0.15) is 5.48 Å². The van der Waals surface area contributed by atoms with Crippen LogP contribution in [0.4, 0.5) is 4.39 Å². The van der Waals surface area contributed by atoms with Crippen molar-refractivity contribution in [3.63, 3.8) is 0 Å². The Morgan fingerprint density at radius 2 is 2.13 bits per heavy atom. The van der Waals surface area contributed by atoms with Gasteiger partial charge in [-0.05, 0) is 56.7 Å². The minimum atomic E-state index is -1.42. The number of nitrogens with zero attached hydrogens (tertiary/aromatic N) is 2. The molecule has 0 saturated carbocycles. The zero-order chi connectivity index (χ0) is 21.9. The van der Waals surface area contributed by atoms with E-state index < -0.39 is 12.4 Å². The number of aryl methyl sites for hydroxylation is 1. The molecular weight excluding hydrogens is 397 g/mol. The second kappa shape index (κ2) is 7.36. The minimum Gasteiger partial charge on any atom is -0.370 e. The lowest BCUT2D eigenvalue weighted by Crippen LogP contribution is -2.48. The number of alkyl halides is 1. The van der Waals surface area contributed by atoms with Gasteiger partial charge in [-0.15, -0.1) is 0 Å². The number of hydrogen-bond acceptors (Lipinski definition) is 5. The minimum absolute atomic E-state index is 0.105. The molecule has 2 aliphatic heterocycles. The summed E-state index contributed by atoms with van der Waals surface area (Å²) in [5.74, 6) is 0. The van der Waals surface area contributed by atoms with E-state index in [1.165, 1.54) is 16.7 Å². The quantitative estimate of drug-likeness (QED) is 0.672. The third kappa shape index (κ3) is 2.94. The lowest BCUT2D eigenvalue weighted by Gasteiger charge is -2.34. The molecule has 0 bridgehead atoms. The van der Waals surface area contributed by atoms with Gasteiger partial charge in [-0.25, -0.2) is 0 Å². The maximum absolute atomic E-state index is 13.5. The summed E-state index contributed by atoms with van der Waals surface area (Å²) < 4.78 is 15.2. The molecule has 1 atom stereocenters. The third-order valence-corrected chi connectivity index (χ3v) is 6.95. The summed E-state index contributed by atoms with van der Waals surface area (Å²) in [7, 11) is 0. The van der Waals surface area contributed by atoms with Gasteiger partial charge in [0.05, 0.1) is 42.5 Å². The molecule has 31 heavy (non-hydrogen) atoms. The van der Waals surface area contributed by atoms with Crippen LogP contribution in [0.25, 0.3) is 17.0 Å². The molecule has 164 valence electrons. The van der Waals surface area contributed by atoms with E-state index in [0.29, 0.717) is 29.8 Å². The zero-order valence-electron chi connectivity index (χ0n) is 18.3. The number of nitrogens with one attached hydrogen (secondary N) is 1. The molecule has 2 aromatic heterocycles. The van der Waals surface area contributed by atoms with Gasteiger partial charge in [0.1, 0.15) is 0 Å². The summed E-state index contributed by atoms with van der Waals surface area (Å²) in [5.41, 5.74) is 10.2. The average molecular weight is 426 g/mol. The van der Waals surface area contributed by atoms with Crippen LogP contribution < -0.4 is 11.0 Å². The zero-order valence-corrected chi connectivity index (χ0v) is 18.3. The molecule has 7 heteroatoms. The van der Waals surface area contributed by atoms with Crippen LogP contribution in [-0.2, 0) is 36.6 Å². The SMILES string of the molecule is CC[C@@]1(O)NOCc2c1cc1n(c2=O)Cc2c-1nc(CCF)c1c2CCCC1=C(C)C. The molecule has 0 spiro atoms. The van der Waals surface area contributed by atoms with Crippen molar-refractivity contribution in [3.05, 3.63) is 55.5 Å². The smallest absolute Gasteiger partial charge is 0.257 e. The largest absolute Gasteiger partial charge is 0.370 e. The second-order valence-corrected chi connectivity index (χ2v) is 8.93. The van der Waals surface area contributed by atoms with Crippen LogP contribution in [0.15, 0.2) is 16.4 Å². The first-order chi connectivity index (χ1) is 14.9. The van der Waals surface area contributed by atoms with Crippen LogP contribution >= 0.6 is 0 Å². The van der Waals surface area contributed by atoms with E-state index in [0.717, 1.165) is 41.8 Å². The number of aromatic nitrogens is 2. The van der Waals surface area contributed by atoms with Crippen molar-refractivity contribution >= 4 is 5.57 Å². The first-order valence-corrected chi connectivity index (χ1v) is 11.1. The Morgan fingerprint density at radius 3 is 2.84 bits per heavy atom. The molecule has 0 unspecified atom stereocenters. The molecule has 0 radical (unpaired) electrons. The number of fused-ring (bicyclic) bond motifs is 6. The maximum atomic E-state index is 13.5. The highest BCUT2D eigenvalue weighted by Gasteiger charge is 2.39. The van der Waals surface area contributed by atoms with Crippen LogP contribution in [0.1, 0.15) is 73.5 Å². The second-order valence-electron chi connectivity index (χ2n) is 8.93. The topological polar surface area (TPSA) is 76.4 Å². The van der Waals surface area contributed by atoms with Crippen molar-refractivity contribution in [2.24, 2.45) is 0 Å². The Morgan fingerprint density at radius 1 is 1.32 bits per heavy atom. The van der Waals surface area contributed by atoms with Crippen LogP contribution in [0, 0.1) is 0 Å². The lowest BCUT2D eigenvalue weighted by atomic mass is 9.81. The Kier molecular flexibility index (Phi) is 4.88. The number of hydroxylamine groups is 1. The molecule has 0 amide bonds. The Bertz CT molecular complexity index is 1180. The monoisotopic (exact) mass is 425 g/mol. The molecule has 0 fully saturated rings. The fourth-order valence-corrected chi connectivity index (χ4v) is 5.33. The third-order valence-electron chi connectivity index (χ3n) is 6.95. The van der Waals surface area contributed by atoms with Crippen molar-refractivity contribution in [3.8, 4) is 11.4 Å². The van der Waals surface area contributed by atoms with Crippen LogP contribution in [0.2, 0.25) is 0 Å². The van der Waals surface area contributed by atoms with E-state index in [9.17, 15) is 14.3 Å². The van der Waals surface area contributed by atoms with E-state index in [1.54, 1.807) is 4.57 Å². The number of aliphatic hydroxyl groups is 1. The van der Waals surface area contributed by atoms with Gasteiger partial charge in [-0.3, -0.25) is 19.0 Å². The van der Waals surface area contributed by atoms with Crippen molar-refractivity contribution in [1.82, 2.24) is 15.0 Å². The highest BCUT2D eigenvalue weighted by molar-refractivity contribution is 5.79. The number of rotatable bonds is 3. The van der Waals surface area contributed by atoms with E-state index in [4.69, 9.17) is 9.82 Å². The van der Waals surface area contributed by atoms with Gasteiger partial charge in [-0.1, -0.05) is 12.5 Å². The van der Waals surface area contributed by atoms with Crippen molar-refractivity contribution in [2.45, 2.75) is 71.8 Å². The van der Waals surface area contributed by atoms with Gasteiger partial charge < -0.3 is 9.67 Å². The van der Waals surface area contributed by atoms with Crippen molar-refractivity contribution in [2.75, 3.05) is 6.67 Å². The fourth-order valence-electron chi connectivity index (χ4n) is 5.33. The molecule has 5 rings (SSSR count). The Labute approximate surface area is 180 Å². The highest BCUT2D eigenvalue weighted by Crippen LogP contribution is 2.43. The molecule has 4 heterocycles. The van der Waals surface area contributed by atoms with E-state index in [2.05, 4.69) is 19.3 Å². The van der Waals surface area contributed by atoms with E-state index in [1.807, 2.05) is 13.0 Å². The van der Waals surface area contributed by atoms with Gasteiger partial charge in [0, 0.05) is 23.1 Å². The van der Waals surface area contributed by atoms with Gasteiger partial charge in [0.25, 0.3) is 5.56 Å². The number of hydrogen-bond donors (Lipinski definition) is 2. The number of pyridine rings is 2. The predicted molar refractivity (Wildman–Crippen MR) is 116 cm³/mol. The van der Waals surface area contributed by atoms with Crippen LogP contribution in [0.5, 0.6) is 0 Å². The Hall–Kier alpha value is -2.35. The molecular formula is C24H28FN3O3.